The minimum Gasteiger partial charge on any atom is -0.457 e. The van der Waals surface area contributed by atoms with Crippen molar-refractivity contribution in [2.24, 2.45) is 5.73 Å². The Hall–Kier alpha value is -1.44. The van der Waals surface area contributed by atoms with Crippen LogP contribution in [0.15, 0.2) is 51.8 Å². The van der Waals surface area contributed by atoms with Gasteiger partial charge < -0.3 is 10.5 Å². The topological polar surface area (TPSA) is 69.4 Å². The maximum atomic E-state index is 11.4. The summed E-state index contributed by atoms with van der Waals surface area (Å²) in [6.07, 6.45) is 1.16. The van der Waals surface area contributed by atoms with E-state index in [1.165, 1.54) is 12.1 Å². The van der Waals surface area contributed by atoms with Gasteiger partial charge >= 0.3 is 0 Å². The van der Waals surface area contributed by atoms with Crippen molar-refractivity contribution in [1.29, 1.82) is 0 Å². The van der Waals surface area contributed by atoms with Crippen LogP contribution in [0.4, 0.5) is 0 Å². The summed E-state index contributed by atoms with van der Waals surface area (Å²) in [5.74, 6) is 1.13. The third-order valence-electron chi connectivity index (χ3n) is 2.69. The molecule has 110 valence electrons. The second-order valence-corrected chi connectivity index (χ2v) is 7.66. The van der Waals surface area contributed by atoms with Crippen molar-refractivity contribution >= 4 is 43.0 Å². The monoisotopic (exact) mass is 385 g/mol. The van der Waals surface area contributed by atoms with E-state index in [0.29, 0.717) is 16.5 Å². The molecule has 0 amide bonds. The van der Waals surface area contributed by atoms with Crippen LogP contribution in [0, 0.1) is 0 Å². The van der Waals surface area contributed by atoms with Gasteiger partial charge in [0.05, 0.1) is 4.90 Å². The molecule has 2 aromatic carbocycles. The molecule has 7 heteroatoms. The quantitative estimate of drug-likeness (QED) is 0.817. The molecule has 0 atom stereocenters. The molecule has 0 spiro atoms. The van der Waals surface area contributed by atoms with Crippen LogP contribution in [0.25, 0.3) is 0 Å². The number of hydrogen-bond donors (Lipinski definition) is 1. The van der Waals surface area contributed by atoms with Crippen LogP contribution >= 0.6 is 28.1 Å². The molecule has 0 unspecified atom stereocenters. The lowest BCUT2D eigenvalue weighted by atomic mass is 10.2. The average Bonchev–Trinajstić information content (AvgIpc) is 2.38. The van der Waals surface area contributed by atoms with Crippen LogP contribution < -0.4 is 10.5 Å². The van der Waals surface area contributed by atoms with E-state index in [-0.39, 0.29) is 4.90 Å². The molecule has 4 nitrogen and oxygen atoms in total. The van der Waals surface area contributed by atoms with Gasteiger partial charge in [-0.25, -0.2) is 8.42 Å². The van der Waals surface area contributed by atoms with Crippen molar-refractivity contribution in [2.75, 3.05) is 6.26 Å². The van der Waals surface area contributed by atoms with E-state index in [2.05, 4.69) is 15.9 Å². The summed E-state index contributed by atoms with van der Waals surface area (Å²) < 4.78 is 29.1. The first-order chi connectivity index (χ1) is 9.77. The molecule has 0 radical (unpaired) electrons. The van der Waals surface area contributed by atoms with Gasteiger partial charge in [-0.3, -0.25) is 0 Å². The molecule has 2 aromatic rings. The predicted molar refractivity (Wildman–Crippen MR) is 89.7 cm³/mol. The van der Waals surface area contributed by atoms with Crippen molar-refractivity contribution in [3.8, 4) is 11.5 Å². The second kappa shape index (κ2) is 6.13. The maximum absolute atomic E-state index is 11.4. The normalized spacial score (nSPS) is 11.1. The van der Waals surface area contributed by atoms with Gasteiger partial charge in [0.25, 0.3) is 0 Å². The average molecular weight is 386 g/mol. The first-order valence-electron chi connectivity index (χ1n) is 5.85. The molecule has 2 rings (SSSR count). The minimum absolute atomic E-state index is 0.250. The van der Waals surface area contributed by atoms with E-state index in [1.807, 2.05) is 0 Å². The molecule has 0 aliphatic carbocycles. The van der Waals surface area contributed by atoms with Gasteiger partial charge in [-0.1, -0.05) is 12.2 Å². The molecule has 0 aliphatic heterocycles. The lowest BCUT2D eigenvalue weighted by Crippen LogP contribution is -2.09. The third-order valence-corrected chi connectivity index (χ3v) is 4.70. The highest BCUT2D eigenvalue weighted by molar-refractivity contribution is 9.10. The lowest BCUT2D eigenvalue weighted by molar-refractivity contribution is 0.482. The number of sulfone groups is 1. The fraction of sp³-hybridized carbons (Fsp3) is 0.0714. The molecule has 0 heterocycles. The first-order valence-corrected chi connectivity index (χ1v) is 8.94. The molecule has 2 N–H and O–H groups in total. The molecule has 0 aliphatic rings. The third kappa shape index (κ3) is 4.03. The maximum Gasteiger partial charge on any atom is 0.175 e. The zero-order valence-electron chi connectivity index (χ0n) is 11.0. The van der Waals surface area contributed by atoms with Crippen LogP contribution in [0.2, 0.25) is 0 Å². The van der Waals surface area contributed by atoms with Gasteiger partial charge in [0.15, 0.2) is 9.84 Å². The Morgan fingerprint density at radius 2 is 1.71 bits per heavy atom. The standard InChI is InChI=1S/C14H12BrNO3S2/c1-21(17,18)11-5-2-9(3-6-11)19-10-4-7-12(14(16)20)13(15)8-10/h2-8H,1H3,(H2,16,20). The number of halogens is 1. The van der Waals surface area contributed by atoms with Gasteiger partial charge in [-0.2, -0.15) is 0 Å². The Labute approximate surface area is 137 Å². The summed E-state index contributed by atoms with van der Waals surface area (Å²) in [6, 6.07) is 11.5. The molecule has 21 heavy (non-hydrogen) atoms. The SMILES string of the molecule is CS(=O)(=O)c1ccc(Oc2ccc(C(N)=S)c(Br)c2)cc1. The molecule has 0 saturated carbocycles. The summed E-state index contributed by atoms with van der Waals surface area (Å²) >= 11 is 8.29. The zero-order chi connectivity index (χ0) is 15.6. The number of thiocarbonyl (C=S) groups is 1. The highest BCUT2D eigenvalue weighted by atomic mass is 79.9. The van der Waals surface area contributed by atoms with Crippen molar-refractivity contribution in [3.05, 3.63) is 52.5 Å². The van der Waals surface area contributed by atoms with Gasteiger partial charge in [-0.05, 0) is 58.4 Å². The van der Waals surface area contributed by atoms with Crippen molar-refractivity contribution in [1.82, 2.24) is 0 Å². The van der Waals surface area contributed by atoms with E-state index in [1.54, 1.807) is 30.3 Å². The molecule has 0 fully saturated rings. The molecular formula is C14H12BrNO3S2. The van der Waals surface area contributed by atoms with Crippen molar-refractivity contribution < 1.29 is 13.2 Å². The van der Waals surface area contributed by atoms with Crippen molar-refractivity contribution in [2.45, 2.75) is 4.90 Å². The van der Waals surface area contributed by atoms with Crippen LogP contribution in [-0.2, 0) is 9.84 Å². The highest BCUT2D eigenvalue weighted by Crippen LogP contribution is 2.27. The predicted octanol–water partition coefficient (Wildman–Crippen LogP) is 3.28. The largest absolute Gasteiger partial charge is 0.457 e. The van der Waals surface area contributed by atoms with E-state index < -0.39 is 9.84 Å². The fourth-order valence-electron chi connectivity index (χ4n) is 1.65. The number of rotatable bonds is 4. The van der Waals surface area contributed by atoms with E-state index in [0.717, 1.165) is 16.3 Å². The van der Waals surface area contributed by atoms with E-state index in [9.17, 15) is 8.42 Å². The first kappa shape index (κ1) is 15.9. The summed E-state index contributed by atoms with van der Waals surface area (Å²) in [5, 5.41) is 0. The lowest BCUT2D eigenvalue weighted by Gasteiger charge is -2.09. The molecular weight excluding hydrogens is 374 g/mol. The number of ether oxygens (including phenoxy) is 1. The van der Waals surface area contributed by atoms with Crippen LogP contribution in [0.1, 0.15) is 5.56 Å². The van der Waals surface area contributed by atoms with E-state index >= 15 is 0 Å². The summed E-state index contributed by atoms with van der Waals surface area (Å²) in [4.78, 5) is 0.547. The van der Waals surface area contributed by atoms with E-state index in [4.69, 9.17) is 22.7 Å². The number of nitrogens with two attached hydrogens (primary N) is 1. The highest BCUT2D eigenvalue weighted by Gasteiger charge is 2.08. The number of hydrogen-bond acceptors (Lipinski definition) is 4. The smallest absolute Gasteiger partial charge is 0.175 e. The number of benzene rings is 2. The van der Waals surface area contributed by atoms with Crippen LogP contribution in [-0.4, -0.2) is 19.7 Å². The Balaban J connectivity index is 2.23. The van der Waals surface area contributed by atoms with Crippen LogP contribution in [0.3, 0.4) is 0 Å². The fourth-order valence-corrected chi connectivity index (χ4v) is 3.16. The minimum atomic E-state index is -3.21. The van der Waals surface area contributed by atoms with Gasteiger partial charge in [0.1, 0.15) is 16.5 Å². The Kier molecular flexibility index (Phi) is 4.65. The van der Waals surface area contributed by atoms with Gasteiger partial charge in [0.2, 0.25) is 0 Å². The Morgan fingerprint density at radius 1 is 1.14 bits per heavy atom. The summed E-state index contributed by atoms with van der Waals surface area (Å²) in [6.45, 7) is 0. The zero-order valence-corrected chi connectivity index (χ0v) is 14.3. The molecule has 0 bridgehead atoms. The summed E-state index contributed by atoms with van der Waals surface area (Å²) in [7, 11) is -3.21. The second-order valence-electron chi connectivity index (χ2n) is 4.35. The molecule has 0 aromatic heterocycles. The van der Waals surface area contributed by atoms with Gasteiger partial charge in [0, 0.05) is 16.3 Å². The van der Waals surface area contributed by atoms with Crippen molar-refractivity contribution in [3.63, 3.8) is 0 Å². The Bertz CT molecular complexity index is 786. The summed E-state index contributed by atoms with van der Waals surface area (Å²) in [5.41, 5.74) is 6.30. The van der Waals surface area contributed by atoms with Gasteiger partial charge in [-0.15, -0.1) is 0 Å². The van der Waals surface area contributed by atoms with Crippen LogP contribution in [0.5, 0.6) is 11.5 Å². The Morgan fingerprint density at radius 3 is 2.19 bits per heavy atom. The molecule has 0 saturated heterocycles.